The van der Waals surface area contributed by atoms with E-state index in [1.807, 2.05) is 0 Å². The fourth-order valence-corrected chi connectivity index (χ4v) is 1.15. The first-order chi connectivity index (χ1) is 5.33. The zero-order valence-electron chi connectivity index (χ0n) is 6.67. The first kappa shape index (κ1) is 8.11. The lowest BCUT2D eigenvalue weighted by Gasteiger charge is -2.07. The van der Waals surface area contributed by atoms with E-state index in [9.17, 15) is 4.79 Å². The number of carbonyl (C=O) groups is 1. The monoisotopic (exact) mass is 155 g/mol. The molecule has 0 aromatic rings. The molecular weight excluding hydrogens is 142 g/mol. The van der Waals surface area contributed by atoms with Gasteiger partial charge in [-0.2, -0.15) is 0 Å². The van der Waals surface area contributed by atoms with E-state index in [0.717, 1.165) is 12.8 Å². The van der Waals surface area contributed by atoms with Gasteiger partial charge in [0.2, 0.25) is 0 Å². The summed E-state index contributed by atoms with van der Waals surface area (Å²) in [6.07, 6.45) is 6.21. The fraction of sp³-hybridized carbons (Fsp3) is 0.625. The molecule has 3 nitrogen and oxygen atoms in total. The number of rotatable bonds is 2. The average Bonchev–Trinajstić information content (AvgIpc) is 2.52. The predicted octanol–water partition coefficient (Wildman–Crippen LogP) is 1.31. The fourth-order valence-electron chi connectivity index (χ4n) is 1.15. The second-order valence-electron chi connectivity index (χ2n) is 2.64. The molecule has 0 aromatic carbocycles. The molecule has 0 heterocycles. The molecule has 0 radical (unpaired) electrons. The number of methoxy groups -OCH3 is 1. The highest BCUT2D eigenvalue weighted by atomic mass is 16.5. The summed E-state index contributed by atoms with van der Waals surface area (Å²) in [5.74, 6) is 0.508. The quantitative estimate of drug-likeness (QED) is 0.610. The van der Waals surface area contributed by atoms with Gasteiger partial charge in [-0.15, -0.1) is 0 Å². The molecular formula is C8H13NO2. The van der Waals surface area contributed by atoms with Crippen LogP contribution in [-0.2, 0) is 4.74 Å². The first-order valence-corrected chi connectivity index (χ1v) is 3.81. The molecule has 62 valence electrons. The van der Waals surface area contributed by atoms with Gasteiger partial charge in [-0.3, -0.25) is 0 Å². The second-order valence-corrected chi connectivity index (χ2v) is 2.64. The van der Waals surface area contributed by atoms with Crippen molar-refractivity contribution in [1.29, 1.82) is 0 Å². The SMILES string of the molecule is COC(=O)NCC1C=CCC1. The normalized spacial score (nSPS) is 21.7. The van der Waals surface area contributed by atoms with E-state index in [4.69, 9.17) is 0 Å². The van der Waals surface area contributed by atoms with Crippen LogP contribution < -0.4 is 5.32 Å². The van der Waals surface area contributed by atoms with Crippen LogP contribution in [0.4, 0.5) is 4.79 Å². The minimum absolute atomic E-state index is 0.342. The van der Waals surface area contributed by atoms with Crippen molar-refractivity contribution < 1.29 is 9.53 Å². The van der Waals surface area contributed by atoms with Gasteiger partial charge in [-0.05, 0) is 18.8 Å². The number of ether oxygens (including phenoxy) is 1. The molecule has 0 saturated heterocycles. The molecule has 1 aliphatic rings. The van der Waals surface area contributed by atoms with Crippen LogP contribution in [0.1, 0.15) is 12.8 Å². The Hall–Kier alpha value is -0.990. The summed E-state index contributed by atoms with van der Waals surface area (Å²) < 4.78 is 4.44. The Morgan fingerprint density at radius 1 is 1.82 bits per heavy atom. The maximum atomic E-state index is 10.6. The predicted molar refractivity (Wildman–Crippen MR) is 42.3 cm³/mol. The molecule has 1 N–H and O–H groups in total. The second kappa shape index (κ2) is 4.01. The van der Waals surface area contributed by atoms with Crippen LogP contribution in [-0.4, -0.2) is 19.7 Å². The van der Waals surface area contributed by atoms with Gasteiger partial charge in [0.05, 0.1) is 7.11 Å². The topological polar surface area (TPSA) is 38.3 Å². The van der Waals surface area contributed by atoms with Gasteiger partial charge in [-0.1, -0.05) is 12.2 Å². The van der Waals surface area contributed by atoms with Gasteiger partial charge >= 0.3 is 6.09 Å². The molecule has 0 spiro atoms. The lowest BCUT2D eigenvalue weighted by atomic mass is 10.1. The summed E-state index contributed by atoms with van der Waals surface area (Å²) in [5, 5.41) is 2.66. The maximum absolute atomic E-state index is 10.6. The van der Waals surface area contributed by atoms with E-state index in [1.165, 1.54) is 7.11 Å². The smallest absolute Gasteiger partial charge is 0.406 e. The number of allylic oxidation sites excluding steroid dienone is 1. The van der Waals surface area contributed by atoms with E-state index in [1.54, 1.807) is 0 Å². The summed E-state index contributed by atoms with van der Waals surface area (Å²) in [6.45, 7) is 0.698. The number of alkyl carbamates (subject to hydrolysis) is 1. The Morgan fingerprint density at radius 2 is 2.64 bits per heavy atom. The number of carbonyl (C=O) groups excluding carboxylic acids is 1. The van der Waals surface area contributed by atoms with Crippen molar-refractivity contribution in [3.63, 3.8) is 0 Å². The molecule has 0 fully saturated rings. The minimum Gasteiger partial charge on any atom is -0.453 e. The third-order valence-corrected chi connectivity index (χ3v) is 1.81. The van der Waals surface area contributed by atoms with Gasteiger partial charge in [0.15, 0.2) is 0 Å². The molecule has 3 heteroatoms. The highest BCUT2D eigenvalue weighted by molar-refractivity contribution is 5.66. The third kappa shape index (κ3) is 2.62. The van der Waals surface area contributed by atoms with Crippen LogP contribution in [0.25, 0.3) is 0 Å². The summed E-state index contributed by atoms with van der Waals surface area (Å²) in [7, 11) is 1.37. The van der Waals surface area contributed by atoms with Gasteiger partial charge in [0.1, 0.15) is 0 Å². The molecule has 0 saturated carbocycles. The first-order valence-electron chi connectivity index (χ1n) is 3.81. The third-order valence-electron chi connectivity index (χ3n) is 1.81. The summed E-state index contributed by atoms with van der Waals surface area (Å²) >= 11 is 0. The Balaban J connectivity index is 2.11. The zero-order chi connectivity index (χ0) is 8.10. The number of hydrogen-bond acceptors (Lipinski definition) is 2. The van der Waals surface area contributed by atoms with Crippen LogP contribution in [0, 0.1) is 5.92 Å². The number of amides is 1. The minimum atomic E-state index is -0.342. The van der Waals surface area contributed by atoms with Crippen LogP contribution >= 0.6 is 0 Å². The van der Waals surface area contributed by atoms with Crippen molar-refractivity contribution in [2.24, 2.45) is 5.92 Å². The van der Waals surface area contributed by atoms with Crippen molar-refractivity contribution >= 4 is 6.09 Å². The van der Waals surface area contributed by atoms with Crippen LogP contribution in [0.15, 0.2) is 12.2 Å². The lowest BCUT2D eigenvalue weighted by Crippen LogP contribution is -2.27. The van der Waals surface area contributed by atoms with Gasteiger partial charge in [0, 0.05) is 6.54 Å². The Bertz CT molecular complexity index is 165. The molecule has 1 unspecified atom stereocenters. The molecule has 1 amide bonds. The van der Waals surface area contributed by atoms with Crippen molar-refractivity contribution in [2.75, 3.05) is 13.7 Å². The van der Waals surface area contributed by atoms with E-state index < -0.39 is 0 Å². The molecule has 1 aliphatic carbocycles. The number of nitrogens with one attached hydrogen (secondary N) is 1. The van der Waals surface area contributed by atoms with Crippen LogP contribution in [0.3, 0.4) is 0 Å². The van der Waals surface area contributed by atoms with Gasteiger partial charge in [0.25, 0.3) is 0 Å². The Kier molecular flexibility index (Phi) is 2.95. The van der Waals surface area contributed by atoms with Gasteiger partial charge in [-0.25, -0.2) is 4.79 Å². The summed E-state index contributed by atoms with van der Waals surface area (Å²) in [4.78, 5) is 10.6. The summed E-state index contributed by atoms with van der Waals surface area (Å²) in [5.41, 5.74) is 0. The van der Waals surface area contributed by atoms with E-state index in [0.29, 0.717) is 12.5 Å². The van der Waals surface area contributed by atoms with Gasteiger partial charge < -0.3 is 10.1 Å². The molecule has 0 aliphatic heterocycles. The van der Waals surface area contributed by atoms with E-state index in [-0.39, 0.29) is 6.09 Å². The highest BCUT2D eigenvalue weighted by Gasteiger charge is 2.09. The Labute approximate surface area is 66.4 Å². The standard InChI is InChI=1S/C8H13NO2/c1-11-8(10)9-6-7-4-2-3-5-7/h2,4,7H,3,5-6H2,1H3,(H,9,10). The lowest BCUT2D eigenvalue weighted by molar-refractivity contribution is 0.170. The molecule has 1 rings (SSSR count). The summed E-state index contributed by atoms with van der Waals surface area (Å²) in [6, 6.07) is 0. The Morgan fingerprint density at radius 3 is 3.18 bits per heavy atom. The highest BCUT2D eigenvalue weighted by Crippen LogP contribution is 2.15. The molecule has 11 heavy (non-hydrogen) atoms. The molecule has 0 bridgehead atoms. The zero-order valence-corrected chi connectivity index (χ0v) is 6.67. The van der Waals surface area contributed by atoms with Crippen LogP contribution in [0.5, 0.6) is 0 Å². The largest absolute Gasteiger partial charge is 0.453 e. The van der Waals surface area contributed by atoms with Crippen molar-refractivity contribution in [1.82, 2.24) is 5.32 Å². The molecule has 0 aromatic heterocycles. The van der Waals surface area contributed by atoms with Crippen molar-refractivity contribution in [3.8, 4) is 0 Å². The van der Waals surface area contributed by atoms with E-state index >= 15 is 0 Å². The number of hydrogen-bond donors (Lipinski definition) is 1. The average molecular weight is 155 g/mol. The maximum Gasteiger partial charge on any atom is 0.406 e. The molecule has 1 atom stereocenters. The van der Waals surface area contributed by atoms with Crippen molar-refractivity contribution in [3.05, 3.63) is 12.2 Å². The van der Waals surface area contributed by atoms with Crippen LogP contribution in [0.2, 0.25) is 0 Å². The van der Waals surface area contributed by atoms with Crippen molar-refractivity contribution in [2.45, 2.75) is 12.8 Å². The van der Waals surface area contributed by atoms with E-state index in [2.05, 4.69) is 22.2 Å².